The van der Waals surface area contributed by atoms with Crippen LogP contribution in [0.4, 0.5) is 0 Å². The van der Waals surface area contributed by atoms with Crippen LogP contribution in [0.2, 0.25) is 0 Å². The van der Waals surface area contributed by atoms with Crippen LogP contribution >= 0.6 is 0 Å². The summed E-state index contributed by atoms with van der Waals surface area (Å²) in [7, 11) is 3.84. The maximum atomic E-state index is 11.9. The van der Waals surface area contributed by atoms with E-state index in [2.05, 4.69) is 12.0 Å². The number of rotatable bonds is 7. The molecule has 0 N–H and O–H groups in total. The Hall–Kier alpha value is -1.36. The third kappa shape index (κ3) is 4.14. The number of likely N-dealkylation sites (N-methyl/N-ethyl adjacent to an activating group) is 1. The highest BCUT2D eigenvalue weighted by molar-refractivity contribution is 5.75. The molecule has 0 aromatic carbocycles. The molecule has 0 bridgehead atoms. The number of hydrogen-bond donors (Lipinski definition) is 0. The van der Waals surface area contributed by atoms with Gasteiger partial charge in [0, 0.05) is 25.4 Å². The van der Waals surface area contributed by atoms with Gasteiger partial charge in [-0.1, -0.05) is 13.3 Å². The van der Waals surface area contributed by atoms with E-state index in [1.165, 1.54) is 0 Å². The highest BCUT2D eigenvalue weighted by Crippen LogP contribution is 2.11. The van der Waals surface area contributed by atoms with E-state index in [0.29, 0.717) is 13.2 Å². The van der Waals surface area contributed by atoms with E-state index in [-0.39, 0.29) is 12.0 Å². The summed E-state index contributed by atoms with van der Waals surface area (Å²) in [5, 5.41) is 4.13. The first-order valence-electron chi connectivity index (χ1n) is 6.42. The zero-order valence-electron chi connectivity index (χ0n) is 11.7. The summed E-state index contributed by atoms with van der Waals surface area (Å²) in [6, 6.07) is -0.171. The molecule has 0 amide bonds. The zero-order chi connectivity index (χ0) is 13.5. The fraction of sp³-hybridized carbons (Fsp3) is 0.692. The topological polar surface area (TPSA) is 47.4 Å². The van der Waals surface area contributed by atoms with E-state index >= 15 is 0 Å². The first-order chi connectivity index (χ1) is 8.58. The largest absolute Gasteiger partial charge is 0.465 e. The predicted molar refractivity (Wildman–Crippen MR) is 70.0 cm³/mol. The first kappa shape index (κ1) is 14.7. The standard InChI is InChI=1S/C13H23N3O2/c1-5-7-12(13(17)18-6-2)15(3)9-11-8-14-16(4)10-11/h8,10,12H,5-7,9H2,1-4H3. The van der Waals surface area contributed by atoms with Gasteiger partial charge in [0.2, 0.25) is 0 Å². The second kappa shape index (κ2) is 7.16. The molecule has 5 heteroatoms. The molecule has 102 valence electrons. The molecule has 0 radical (unpaired) electrons. The molecule has 1 aromatic rings. The summed E-state index contributed by atoms with van der Waals surface area (Å²) in [6.07, 6.45) is 5.56. The van der Waals surface area contributed by atoms with Crippen LogP contribution in [0.1, 0.15) is 32.3 Å². The number of esters is 1. The number of aryl methyl sites for hydroxylation is 1. The van der Waals surface area contributed by atoms with Crippen molar-refractivity contribution in [3.63, 3.8) is 0 Å². The molecule has 0 aliphatic carbocycles. The van der Waals surface area contributed by atoms with Gasteiger partial charge in [0.25, 0.3) is 0 Å². The van der Waals surface area contributed by atoms with Crippen molar-refractivity contribution in [2.45, 2.75) is 39.3 Å². The fourth-order valence-electron chi connectivity index (χ4n) is 1.98. The Balaban J connectivity index is 2.64. The fourth-order valence-corrected chi connectivity index (χ4v) is 1.98. The van der Waals surface area contributed by atoms with E-state index in [4.69, 9.17) is 4.74 Å². The van der Waals surface area contributed by atoms with Crippen molar-refractivity contribution < 1.29 is 9.53 Å². The molecular weight excluding hydrogens is 230 g/mol. The van der Waals surface area contributed by atoms with Gasteiger partial charge < -0.3 is 4.74 Å². The van der Waals surface area contributed by atoms with Gasteiger partial charge in [-0.15, -0.1) is 0 Å². The van der Waals surface area contributed by atoms with Crippen LogP contribution in [-0.4, -0.2) is 40.3 Å². The van der Waals surface area contributed by atoms with Crippen LogP contribution in [0.25, 0.3) is 0 Å². The van der Waals surface area contributed by atoms with E-state index in [1.54, 1.807) is 4.68 Å². The molecule has 0 fully saturated rings. The lowest BCUT2D eigenvalue weighted by atomic mass is 10.1. The van der Waals surface area contributed by atoms with Crippen LogP contribution in [0.5, 0.6) is 0 Å². The van der Waals surface area contributed by atoms with Gasteiger partial charge in [-0.25, -0.2) is 0 Å². The van der Waals surface area contributed by atoms with Crippen molar-refractivity contribution in [3.8, 4) is 0 Å². The Morgan fingerprint density at radius 2 is 2.28 bits per heavy atom. The Labute approximate surface area is 109 Å². The van der Waals surface area contributed by atoms with Crippen molar-refractivity contribution in [3.05, 3.63) is 18.0 Å². The van der Waals surface area contributed by atoms with Gasteiger partial charge in [0.1, 0.15) is 6.04 Å². The number of carbonyl (C=O) groups excluding carboxylic acids is 1. The van der Waals surface area contributed by atoms with Crippen LogP contribution in [0.15, 0.2) is 12.4 Å². The number of aromatic nitrogens is 2. The summed E-state index contributed by atoms with van der Waals surface area (Å²) >= 11 is 0. The molecule has 1 aromatic heterocycles. The van der Waals surface area contributed by atoms with Crippen molar-refractivity contribution in [1.29, 1.82) is 0 Å². The minimum absolute atomic E-state index is 0.134. The quantitative estimate of drug-likeness (QED) is 0.692. The van der Waals surface area contributed by atoms with Gasteiger partial charge >= 0.3 is 5.97 Å². The number of carbonyl (C=O) groups is 1. The molecule has 0 saturated heterocycles. The van der Waals surface area contributed by atoms with Gasteiger partial charge in [-0.05, 0) is 20.4 Å². The second-order valence-electron chi connectivity index (χ2n) is 4.49. The lowest BCUT2D eigenvalue weighted by molar-refractivity contribution is -0.149. The van der Waals surface area contributed by atoms with E-state index in [9.17, 15) is 4.79 Å². The molecule has 0 aliphatic rings. The average Bonchev–Trinajstić information content (AvgIpc) is 2.71. The summed E-state index contributed by atoms with van der Waals surface area (Å²) in [4.78, 5) is 13.9. The van der Waals surface area contributed by atoms with E-state index in [1.807, 2.05) is 38.3 Å². The molecule has 1 heterocycles. The number of hydrogen-bond acceptors (Lipinski definition) is 4. The maximum Gasteiger partial charge on any atom is 0.323 e. The van der Waals surface area contributed by atoms with Crippen LogP contribution < -0.4 is 0 Å². The molecule has 18 heavy (non-hydrogen) atoms. The molecule has 0 aliphatic heterocycles. The molecular formula is C13H23N3O2. The Morgan fingerprint density at radius 3 is 2.78 bits per heavy atom. The molecule has 1 rings (SSSR count). The Bertz CT molecular complexity index is 376. The van der Waals surface area contributed by atoms with Crippen LogP contribution in [0.3, 0.4) is 0 Å². The summed E-state index contributed by atoms with van der Waals surface area (Å²) < 4.78 is 6.89. The Morgan fingerprint density at radius 1 is 1.56 bits per heavy atom. The highest BCUT2D eigenvalue weighted by Gasteiger charge is 2.23. The minimum atomic E-state index is -0.171. The Kier molecular flexibility index (Phi) is 5.85. The SMILES string of the molecule is CCCC(C(=O)OCC)N(C)Cc1cnn(C)c1. The predicted octanol–water partition coefficient (Wildman–Crippen LogP) is 1.58. The monoisotopic (exact) mass is 253 g/mol. The number of nitrogens with zero attached hydrogens (tertiary/aromatic N) is 3. The molecule has 0 spiro atoms. The summed E-state index contributed by atoms with van der Waals surface area (Å²) in [5.74, 6) is -0.134. The third-order valence-corrected chi connectivity index (χ3v) is 2.84. The van der Waals surface area contributed by atoms with Gasteiger partial charge in [-0.3, -0.25) is 14.4 Å². The first-order valence-corrected chi connectivity index (χ1v) is 6.42. The average molecular weight is 253 g/mol. The summed E-state index contributed by atoms with van der Waals surface area (Å²) in [6.45, 7) is 5.04. The van der Waals surface area contributed by atoms with Gasteiger partial charge in [0.15, 0.2) is 0 Å². The van der Waals surface area contributed by atoms with Gasteiger partial charge in [-0.2, -0.15) is 5.10 Å². The normalized spacial score (nSPS) is 12.7. The third-order valence-electron chi connectivity index (χ3n) is 2.84. The lowest BCUT2D eigenvalue weighted by Crippen LogP contribution is -2.39. The van der Waals surface area contributed by atoms with E-state index < -0.39 is 0 Å². The van der Waals surface area contributed by atoms with Crippen molar-refractivity contribution in [2.24, 2.45) is 7.05 Å². The smallest absolute Gasteiger partial charge is 0.323 e. The van der Waals surface area contributed by atoms with Crippen molar-refractivity contribution >= 4 is 5.97 Å². The molecule has 1 atom stereocenters. The van der Waals surface area contributed by atoms with Crippen molar-refractivity contribution in [2.75, 3.05) is 13.7 Å². The second-order valence-corrected chi connectivity index (χ2v) is 4.49. The number of ether oxygens (including phenoxy) is 1. The lowest BCUT2D eigenvalue weighted by Gasteiger charge is -2.25. The highest BCUT2D eigenvalue weighted by atomic mass is 16.5. The maximum absolute atomic E-state index is 11.9. The van der Waals surface area contributed by atoms with Crippen LogP contribution in [-0.2, 0) is 23.1 Å². The zero-order valence-corrected chi connectivity index (χ0v) is 11.7. The minimum Gasteiger partial charge on any atom is -0.465 e. The molecule has 1 unspecified atom stereocenters. The van der Waals surface area contributed by atoms with Crippen molar-refractivity contribution in [1.82, 2.24) is 14.7 Å². The van der Waals surface area contributed by atoms with Crippen LogP contribution in [0, 0.1) is 0 Å². The van der Waals surface area contributed by atoms with Gasteiger partial charge in [0.05, 0.1) is 12.8 Å². The molecule has 5 nitrogen and oxygen atoms in total. The molecule has 0 saturated carbocycles. The summed E-state index contributed by atoms with van der Waals surface area (Å²) in [5.41, 5.74) is 1.10. The van der Waals surface area contributed by atoms with E-state index in [0.717, 1.165) is 18.4 Å².